The third-order valence-electron chi connectivity index (χ3n) is 7.89. The Morgan fingerprint density at radius 1 is 1.02 bits per heavy atom. The minimum atomic E-state index is -0.802. The minimum absolute atomic E-state index is 0.000212. The summed E-state index contributed by atoms with van der Waals surface area (Å²) in [5, 5.41) is 2.95. The molecular formula is C30H39ClN4O5. The van der Waals surface area contributed by atoms with Gasteiger partial charge in [0.1, 0.15) is 12.1 Å². The molecule has 2 heterocycles. The van der Waals surface area contributed by atoms with Crippen molar-refractivity contribution in [3.05, 3.63) is 54.1 Å². The van der Waals surface area contributed by atoms with E-state index in [2.05, 4.69) is 10.2 Å². The third kappa shape index (κ3) is 5.99. The number of anilines is 1. The van der Waals surface area contributed by atoms with Crippen molar-refractivity contribution >= 4 is 35.0 Å². The summed E-state index contributed by atoms with van der Waals surface area (Å²) in [7, 11) is 3.18. The molecule has 4 rings (SSSR count). The normalized spacial score (nSPS) is 16.8. The molecule has 0 atom stereocenters. The first kappa shape index (κ1) is 29.5. The van der Waals surface area contributed by atoms with Gasteiger partial charge in [-0.15, -0.1) is 11.6 Å². The number of hydrogen-bond acceptors (Lipinski definition) is 6. The third-order valence-corrected chi connectivity index (χ3v) is 8.56. The lowest BCUT2D eigenvalue weighted by Crippen LogP contribution is -2.58. The molecule has 0 aromatic heterocycles. The molecule has 2 aromatic rings. The van der Waals surface area contributed by atoms with Crippen molar-refractivity contribution in [1.29, 1.82) is 0 Å². The highest BCUT2D eigenvalue weighted by Crippen LogP contribution is 2.40. The molecule has 2 aliphatic rings. The summed E-state index contributed by atoms with van der Waals surface area (Å²) in [5.41, 5.74) is 0.464. The Morgan fingerprint density at radius 2 is 1.70 bits per heavy atom. The van der Waals surface area contributed by atoms with Gasteiger partial charge in [0, 0.05) is 31.2 Å². The number of carbonyl (C=O) groups is 3. The number of alkyl halides is 1. The summed E-state index contributed by atoms with van der Waals surface area (Å²) < 4.78 is 10.6. The maximum Gasteiger partial charge on any atom is 0.250 e. The summed E-state index contributed by atoms with van der Waals surface area (Å²) >= 11 is 6.05. The van der Waals surface area contributed by atoms with Crippen LogP contribution in [-0.2, 0) is 20.8 Å². The number of rotatable bonds is 10. The molecule has 0 saturated carbocycles. The monoisotopic (exact) mass is 570 g/mol. The molecule has 2 fully saturated rings. The molecule has 40 heavy (non-hydrogen) atoms. The van der Waals surface area contributed by atoms with E-state index < -0.39 is 11.0 Å². The van der Waals surface area contributed by atoms with Crippen molar-refractivity contribution in [2.24, 2.45) is 5.41 Å². The van der Waals surface area contributed by atoms with E-state index in [9.17, 15) is 14.4 Å². The van der Waals surface area contributed by atoms with Gasteiger partial charge in [-0.1, -0.05) is 24.3 Å². The van der Waals surface area contributed by atoms with Crippen molar-refractivity contribution in [2.75, 3.05) is 57.8 Å². The van der Waals surface area contributed by atoms with Gasteiger partial charge in [-0.2, -0.15) is 0 Å². The summed E-state index contributed by atoms with van der Waals surface area (Å²) in [6, 6.07) is 15.5. The van der Waals surface area contributed by atoms with E-state index in [1.807, 2.05) is 67.3 Å². The maximum absolute atomic E-state index is 13.9. The molecule has 10 heteroatoms. The van der Waals surface area contributed by atoms with Crippen LogP contribution in [0, 0.1) is 5.41 Å². The Kier molecular flexibility index (Phi) is 9.13. The number of halogens is 1. The number of amides is 3. The van der Waals surface area contributed by atoms with Crippen LogP contribution >= 0.6 is 11.6 Å². The van der Waals surface area contributed by atoms with Gasteiger partial charge in [0.2, 0.25) is 11.8 Å². The Morgan fingerprint density at radius 3 is 2.33 bits per heavy atom. The number of methoxy groups -OCH3 is 2. The number of benzene rings is 2. The average Bonchev–Trinajstić information content (AvgIpc) is 3.23. The molecule has 216 valence electrons. The molecular weight excluding hydrogens is 532 g/mol. The minimum Gasteiger partial charge on any atom is -0.493 e. The molecule has 2 aromatic carbocycles. The van der Waals surface area contributed by atoms with Gasteiger partial charge in [-0.05, 0) is 62.9 Å². The first-order valence-electron chi connectivity index (χ1n) is 13.6. The van der Waals surface area contributed by atoms with E-state index in [0.717, 1.165) is 11.3 Å². The van der Waals surface area contributed by atoms with Gasteiger partial charge < -0.3 is 29.5 Å². The Labute approximate surface area is 241 Å². The maximum atomic E-state index is 13.9. The highest BCUT2D eigenvalue weighted by molar-refractivity contribution is 6.19. The van der Waals surface area contributed by atoms with E-state index in [1.54, 1.807) is 19.1 Å². The number of nitrogens with zero attached hydrogens (tertiary/aromatic N) is 3. The summed E-state index contributed by atoms with van der Waals surface area (Å²) in [6.45, 7) is 5.31. The topological polar surface area (TPSA) is 91.4 Å². The zero-order valence-corrected chi connectivity index (χ0v) is 24.5. The van der Waals surface area contributed by atoms with Gasteiger partial charge in [-0.3, -0.25) is 14.4 Å². The van der Waals surface area contributed by atoms with Crippen LogP contribution in [0.4, 0.5) is 5.69 Å². The van der Waals surface area contributed by atoms with Crippen LogP contribution in [0.3, 0.4) is 0 Å². The molecule has 0 aliphatic carbocycles. The number of carbonyl (C=O) groups excluding carboxylic acids is 3. The molecule has 9 nitrogen and oxygen atoms in total. The van der Waals surface area contributed by atoms with E-state index in [-0.39, 0.29) is 30.1 Å². The van der Waals surface area contributed by atoms with Crippen LogP contribution in [0.15, 0.2) is 48.5 Å². The quantitative estimate of drug-likeness (QED) is 0.441. The Hall–Kier alpha value is -3.46. The van der Waals surface area contributed by atoms with Crippen LogP contribution in [0.1, 0.15) is 32.3 Å². The second-order valence-corrected chi connectivity index (χ2v) is 11.3. The number of hydrogen-bond donors (Lipinski definition) is 1. The molecule has 0 unspecified atom stereocenters. The zero-order valence-electron chi connectivity index (χ0n) is 23.7. The number of likely N-dealkylation sites (tertiary alicyclic amines) is 1. The predicted octanol–water partition coefficient (Wildman–Crippen LogP) is 3.30. The largest absolute Gasteiger partial charge is 0.493 e. The fraction of sp³-hybridized carbons (Fsp3) is 0.500. The van der Waals surface area contributed by atoms with Crippen LogP contribution in [0.25, 0.3) is 0 Å². The SMILES string of the molecule is COc1ccc(CCNC(=O)CN2CN(c3ccccc3)C3(CCN(C(=O)C(C)(C)CCl)CC3)C2=O)cc1OC. The number of piperidine rings is 1. The Bertz CT molecular complexity index is 1210. The van der Waals surface area contributed by atoms with E-state index in [0.29, 0.717) is 57.1 Å². The second kappa shape index (κ2) is 12.4. The van der Waals surface area contributed by atoms with Crippen LogP contribution in [0.2, 0.25) is 0 Å². The van der Waals surface area contributed by atoms with Gasteiger partial charge in [0.05, 0.1) is 26.3 Å². The first-order chi connectivity index (χ1) is 19.1. The van der Waals surface area contributed by atoms with Crippen molar-refractivity contribution in [3.8, 4) is 11.5 Å². The molecule has 2 saturated heterocycles. The molecule has 1 spiro atoms. The highest BCUT2D eigenvalue weighted by atomic mass is 35.5. The Balaban J connectivity index is 1.42. The fourth-order valence-corrected chi connectivity index (χ4v) is 5.61. The highest BCUT2D eigenvalue weighted by Gasteiger charge is 2.54. The van der Waals surface area contributed by atoms with Crippen molar-refractivity contribution in [2.45, 2.75) is 38.6 Å². The van der Waals surface area contributed by atoms with Crippen molar-refractivity contribution < 1.29 is 23.9 Å². The van der Waals surface area contributed by atoms with E-state index >= 15 is 0 Å². The second-order valence-electron chi connectivity index (χ2n) is 11.0. The van der Waals surface area contributed by atoms with Crippen molar-refractivity contribution in [3.63, 3.8) is 0 Å². The lowest BCUT2D eigenvalue weighted by atomic mass is 9.84. The zero-order chi connectivity index (χ0) is 28.9. The van der Waals surface area contributed by atoms with Crippen LogP contribution in [0.5, 0.6) is 11.5 Å². The molecule has 1 N–H and O–H groups in total. The van der Waals surface area contributed by atoms with Crippen molar-refractivity contribution in [1.82, 2.24) is 15.1 Å². The van der Waals surface area contributed by atoms with E-state index in [4.69, 9.17) is 21.1 Å². The molecule has 0 bridgehead atoms. The summed E-state index contributed by atoms with van der Waals surface area (Å²) in [5.74, 6) is 1.24. The lowest BCUT2D eigenvalue weighted by molar-refractivity contribution is -0.144. The van der Waals surface area contributed by atoms with Gasteiger partial charge >= 0.3 is 0 Å². The molecule has 3 amide bonds. The standard InChI is InChI=1S/C30H39ClN4O5/c1-29(2,20-31)27(37)33-16-13-30(14-17-33)28(38)34(21-35(30)23-8-6-5-7-9-23)19-26(36)32-15-12-22-10-11-24(39-3)25(18-22)40-4/h5-11,18H,12-17,19-21H2,1-4H3,(H,32,36). The number of ether oxygens (including phenoxy) is 2. The first-order valence-corrected chi connectivity index (χ1v) is 14.1. The van der Waals surface area contributed by atoms with Gasteiger partial charge in [0.15, 0.2) is 11.5 Å². The fourth-order valence-electron chi connectivity index (χ4n) is 5.50. The predicted molar refractivity (Wildman–Crippen MR) is 155 cm³/mol. The smallest absolute Gasteiger partial charge is 0.250 e. The van der Waals surface area contributed by atoms with Gasteiger partial charge in [-0.25, -0.2) is 0 Å². The van der Waals surface area contributed by atoms with E-state index in [1.165, 1.54) is 0 Å². The molecule has 2 aliphatic heterocycles. The van der Waals surface area contributed by atoms with Crippen LogP contribution in [-0.4, -0.2) is 86.0 Å². The summed E-state index contributed by atoms with van der Waals surface area (Å²) in [4.78, 5) is 45.4. The average molecular weight is 571 g/mol. The summed E-state index contributed by atoms with van der Waals surface area (Å²) in [6.07, 6.45) is 1.59. The lowest BCUT2D eigenvalue weighted by Gasteiger charge is -2.44. The van der Waals surface area contributed by atoms with Gasteiger partial charge in [0.25, 0.3) is 5.91 Å². The molecule has 0 radical (unpaired) electrons. The van der Waals surface area contributed by atoms with Crippen LogP contribution < -0.4 is 19.7 Å². The number of para-hydroxylation sites is 1. The number of nitrogens with one attached hydrogen (secondary N) is 1.